The summed E-state index contributed by atoms with van der Waals surface area (Å²) < 4.78 is 0. The molecule has 8 aromatic carbocycles. The molecular formula is C53H43NS. The van der Waals surface area contributed by atoms with Crippen LogP contribution in [0.5, 0.6) is 0 Å². The van der Waals surface area contributed by atoms with Gasteiger partial charge in [0.15, 0.2) is 0 Å². The molecule has 0 N–H and O–H groups in total. The number of nitrogens with zero attached hydrogens (tertiary/aromatic N) is 1. The fourth-order valence-corrected chi connectivity index (χ4v) is 11.8. The summed E-state index contributed by atoms with van der Waals surface area (Å²) in [6.07, 6.45) is 4.92. The maximum Gasteiger partial charge on any atom is 0.0546 e. The van der Waals surface area contributed by atoms with E-state index in [4.69, 9.17) is 0 Å². The molecule has 0 unspecified atom stereocenters. The third kappa shape index (κ3) is 5.16. The van der Waals surface area contributed by atoms with Crippen molar-refractivity contribution >= 4 is 27.1 Å². The Balaban J connectivity index is 1.32. The van der Waals surface area contributed by atoms with Gasteiger partial charge in [0.2, 0.25) is 0 Å². The normalized spacial score (nSPS) is 14.7. The Bertz CT molecular complexity index is 2760. The lowest BCUT2D eigenvalue weighted by Gasteiger charge is -2.34. The predicted octanol–water partition coefficient (Wildman–Crippen LogP) is 14.9. The van der Waals surface area contributed by atoms with Crippen molar-refractivity contribution in [2.24, 2.45) is 0 Å². The van der Waals surface area contributed by atoms with Crippen LogP contribution in [-0.4, -0.2) is 12.5 Å². The second-order valence-corrected chi connectivity index (χ2v) is 19.2. The highest BCUT2D eigenvalue weighted by atomic mass is 32.3. The van der Waals surface area contributed by atoms with Gasteiger partial charge >= 0.3 is 0 Å². The Hall–Kier alpha value is -6.09. The molecule has 0 saturated carbocycles. The van der Waals surface area contributed by atoms with Crippen LogP contribution in [0.15, 0.2) is 198 Å². The van der Waals surface area contributed by atoms with Gasteiger partial charge in [-0.25, -0.2) is 0 Å². The van der Waals surface area contributed by atoms with Crippen LogP contribution in [0.2, 0.25) is 0 Å². The molecule has 0 bridgehead atoms. The highest BCUT2D eigenvalue weighted by molar-refractivity contribution is 8.33. The Morgan fingerprint density at radius 3 is 1.62 bits per heavy atom. The van der Waals surface area contributed by atoms with Crippen LogP contribution in [0.4, 0.5) is 17.1 Å². The first-order valence-electron chi connectivity index (χ1n) is 19.2. The summed E-state index contributed by atoms with van der Waals surface area (Å²) in [5.74, 6) is 0. The third-order valence-corrected chi connectivity index (χ3v) is 14.9. The number of hydrogen-bond acceptors (Lipinski definition) is 1. The van der Waals surface area contributed by atoms with Gasteiger partial charge in [-0.1, -0.05) is 172 Å². The summed E-state index contributed by atoms with van der Waals surface area (Å²) >= 11 is 0. The Kier molecular flexibility index (Phi) is 7.76. The van der Waals surface area contributed by atoms with Gasteiger partial charge in [-0.2, -0.15) is 10.0 Å². The maximum absolute atomic E-state index is 2.58. The van der Waals surface area contributed by atoms with E-state index >= 15 is 0 Å². The van der Waals surface area contributed by atoms with Crippen LogP contribution in [0, 0.1) is 0 Å². The molecule has 0 fully saturated rings. The molecule has 0 amide bonds. The zero-order valence-corrected chi connectivity index (χ0v) is 32.6. The summed E-state index contributed by atoms with van der Waals surface area (Å²) in [6, 6.07) is 69.9. The van der Waals surface area contributed by atoms with Crippen molar-refractivity contribution in [2.45, 2.75) is 29.1 Å². The van der Waals surface area contributed by atoms with E-state index in [1.807, 2.05) is 0 Å². The largest absolute Gasteiger partial charge is 0.309 e. The molecule has 0 saturated heterocycles. The van der Waals surface area contributed by atoms with Gasteiger partial charge in [-0.15, -0.1) is 0 Å². The van der Waals surface area contributed by atoms with Gasteiger partial charge < -0.3 is 4.90 Å². The lowest BCUT2D eigenvalue weighted by atomic mass is 9.82. The van der Waals surface area contributed by atoms with Crippen molar-refractivity contribution < 1.29 is 0 Å². The molecule has 0 spiro atoms. The molecule has 10 rings (SSSR count). The number of fused-ring (bicyclic) bond motifs is 6. The number of rotatable bonds is 6. The van der Waals surface area contributed by atoms with Crippen molar-refractivity contribution in [1.82, 2.24) is 0 Å². The van der Waals surface area contributed by atoms with E-state index in [0.29, 0.717) is 0 Å². The molecule has 1 aliphatic heterocycles. The topological polar surface area (TPSA) is 3.24 Å². The molecule has 1 heterocycles. The second kappa shape index (κ2) is 12.8. The van der Waals surface area contributed by atoms with Crippen LogP contribution in [0.3, 0.4) is 0 Å². The van der Waals surface area contributed by atoms with Crippen molar-refractivity contribution in [2.75, 3.05) is 17.4 Å². The van der Waals surface area contributed by atoms with Crippen molar-refractivity contribution in [3.8, 4) is 55.6 Å². The molecule has 0 atom stereocenters. The van der Waals surface area contributed by atoms with E-state index in [1.54, 1.807) is 0 Å². The lowest BCUT2D eigenvalue weighted by molar-refractivity contribution is 0.660. The fourth-order valence-electron chi connectivity index (χ4n) is 9.32. The highest BCUT2D eigenvalue weighted by Gasteiger charge is 2.39. The predicted molar refractivity (Wildman–Crippen MR) is 236 cm³/mol. The standard InChI is InChI=1S/C53H43NS/c1-53(2)45-28-15-13-26-44(45)52-46(53)29-18-31-48(52)54(38-33-34-42-41-24-14-16-32-49(41)55(3,4)50(42)35-38)47-30-17-27-40(37-21-9-6-10-22-37)51(47)43-25-12-11-23-39(43)36-19-7-5-8-20-36/h5-35H,1-4H3. The van der Waals surface area contributed by atoms with Crippen molar-refractivity contribution in [3.63, 3.8) is 0 Å². The van der Waals surface area contributed by atoms with Crippen LogP contribution >= 0.6 is 10.0 Å². The minimum absolute atomic E-state index is 0.131. The van der Waals surface area contributed by atoms with E-state index in [2.05, 4.69) is 219 Å². The van der Waals surface area contributed by atoms with E-state index < -0.39 is 10.0 Å². The van der Waals surface area contributed by atoms with Crippen LogP contribution in [0.25, 0.3) is 55.6 Å². The van der Waals surface area contributed by atoms with E-state index in [-0.39, 0.29) is 5.41 Å². The molecule has 55 heavy (non-hydrogen) atoms. The zero-order valence-electron chi connectivity index (χ0n) is 31.8. The quantitative estimate of drug-likeness (QED) is 0.165. The summed E-state index contributed by atoms with van der Waals surface area (Å²) in [4.78, 5) is 5.49. The summed E-state index contributed by atoms with van der Waals surface area (Å²) in [7, 11) is -1.25. The third-order valence-electron chi connectivity index (χ3n) is 12.0. The van der Waals surface area contributed by atoms with Gasteiger partial charge in [0.1, 0.15) is 0 Å². The average Bonchev–Trinajstić information content (AvgIpc) is 3.61. The van der Waals surface area contributed by atoms with Gasteiger partial charge in [-0.05, 0) is 98.5 Å². The maximum atomic E-state index is 2.58. The smallest absolute Gasteiger partial charge is 0.0546 e. The number of anilines is 3. The number of benzene rings is 8. The molecule has 266 valence electrons. The lowest BCUT2D eigenvalue weighted by Crippen LogP contribution is -2.16. The molecule has 8 aromatic rings. The van der Waals surface area contributed by atoms with E-state index in [9.17, 15) is 0 Å². The van der Waals surface area contributed by atoms with Gasteiger partial charge in [0.05, 0.1) is 11.4 Å². The summed E-state index contributed by atoms with van der Waals surface area (Å²) in [5, 5.41) is 0. The minimum Gasteiger partial charge on any atom is -0.309 e. The first-order valence-corrected chi connectivity index (χ1v) is 21.6. The molecular weight excluding hydrogens is 683 g/mol. The SMILES string of the molecule is CC1(C)c2ccccc2-c2c(N(c3ccc4c(c3)S(C)(C)c3ccccc3-4)c3cccc(-c4ccccc4)c3-c3ccccc3-c3ccccc3)cccc21. The molecule has 0 radical (unpaired) electrons. The average molecular weight is 726 g/mol. The molecule has 0 aromatic heterocycles. The summed E-state index contributed by atoms with van der Waals surface area (Å²) in [6.45, 7) is 4.75. The van der Waals surface area contributed by atoms with Gasteiger partial charge in [-0.3, -0.25) is 0 Å². The Morgan fingerprint density at radius 1 is 0.382 bits per heavy atom. The van der Waals surface area contributed by atoms with Crippen LogP contribution in [0.1, 0.15) is 25.0 Å². The summed E-state index contributed by atoms with van der Waals surface area (Å²) in [5.41, 5.74) is 18.7. The van der Waals surface area contributed by atoms with Gasteiger partial charge in [0, 0.05) is 32.0 Å². The van der Waals surface area contributed by atoms with Crippen molar-refractivity contribution in [1.29, 1.82) is 0 Å². The molecule has 1 aliphatic carbocycles. The highest BCUT2D eigenvalue weighted by Crippen LogP contribution is 2.68. The zero-order chi connectivity index (χ0) is 37.3. The monoisotopic (exact) mass is 725 g/mol. The fraction of sp³-hybridized carbons (Fsp3) is 0.0943. The molecule has 2 heteroatoms. The second-order valence-electron chi connectivity index (χ2n) is 15.7. The van der Waals surface area contributed by atoms with Crippen LogP contribution in [-0.2, 0) is 5.41 Å². The minimum atomic E-state index is -1.25. The van der Waals surface area contributed by atoms with Crippen molar-refractivity contribution in [3.05, 3.63) is 199 Å². The van der Waals surface area contributed by atoms with Gasteiger partial charge in [0.25, 0.3) is 0 Å². The van der Waals surface area contributed by atoms with E-state index in [1.165, 1.54) is 87.9 Å². The van der Waals surface area contributed by atoms with E-state index in [0.717, 1.165) is 5.69 Å². The molecule has 1 nitrogen and oxygen atoms in total. The Labute approximate surface area is 326 Å². The number of hydrogen-bond donors (Lipinski definition) is 0. The Morgan fingerprint density at radius 2 is 0.891 bits per heavy atom. The first-order chi connectivity index (χ1) is 26.8. The molecule has 2 aliphatic rings. The first kappa shape index (κ1) is 33.5. The van der Waals surface area contributed by atoms with Crippen LogP contribution < -0.4 is 4.90 Å².